The smallest absolute Gasteiger partial charge is 0.128 e. The monoisotopic (exact) mass is 297 g/mol. The Morgan fingerprint density at radius 1 is 1.29 bits per heavy atom. The van der Waals surface area contributed by atoms with Gasteiger partial charge >= 0.3 is 0 Å². The van der Waals surface area contributed by atoms with Crippen LogP contribution in [0.2, 0.25) is 0 Å². The first-order valence-electron chi connectivity index (χ1n) is 7.03. The van der Waals surface area contributed by atoms with Crippen LogP contribution in [0.5, 0.6) is 5.75 Å². The molecule has 0 radical (unpaired) electrons. The third-order valence-electron chi connectivity index (χ3n) is 3.78. The Hall–Kier alpha value is -1.87. The van der Waals surface area contributed by atoms with E-state index in [1.54, 1.807) is 11.3 Å². The van der Waals surface area contributed by atoms with Crippen LogP contribution in [-0.2, 0) is 0 Å². The SMILES string of the molecule is C=CC1=Cc2ccc(-c3nc(C)sc3C)cc2OC1(C)C. The van der Waals surface area contributed by atoms with E-state index < -0.39 is 0 Å². The van der Waals surface area contributed by atoms with Crippen LogP contribution in [0.25, 0.3) is 17.3 Å². The number of thiazole rings is 1. The normalized spacial score (nSPS) is 15.9. The number of ether oxygens (including phenoxy) is 1. The molecule has 1 aromatic carbocycles. The van der Waals surface area contributed by atoms with E-state index in [4.69, 9.17) is 4.74 Å². The van der Waals surface area contributed by atoms with Crippen molar-refractivity contribution in [2.24, 2.45) is 0 Å². The first-order valence-corrected chi connectivity index (χ1v) is 7.84. The lowest BCUT2D eigenvalue weighted by molar-refractivity contribution is 0.149. The van der Waals surface area contributed by atoms with Gasteiger partial charge in [0, 0.05) is 16.0 Å². The second kappa shape index (κ2) is 4.85. The van der Waals surface area contributed by atoms with E-state index in [9.17, 15) is 0 Å². The lowest BCUT2D eigenvalue weighted by atomic mass is 9.91. The van der Waals surface area contributed by atoms with Crippen LogP contribution in [0.15, 0.2) is 36.4 Å². The van der Waals surface area contributed by atoms with Crippen LogP contribution in [-0.4, -0.2) is 10.6 Å². The van der Waals surface area contributed by atoms with Gasteiger partial charge in [0.05, 0.1) is 10.7 Å². The molecular weight excluding hydrogens is 278 g/mol. The fraction of sp³-hybridized carbons (Fsp3) is 0.278. The summed E-state index contributed by atoms with van der Waals surface area (Å²) in [6.45, 7) is 12.2. The number of nitrogens with zero attached hydrogens (tertiary/aromatic N) is 1. The molecular formula is C18H19NOS. The van der Waals surface area contributed by atoms with Gasteiger partial charge in [-0.3, -0.25) is 0 Å². The maximum absolute atomic E-state index is 6.17. The van der Waals surface area contributed by atoms with Gasteiger partial charge in [-0.15, -0.1) is 11.3 Å². The van der Waals surface area contributed by atoms with Gasteiger partial charge in [-0.2, -0.15) is 0 Å². The second-order valence-electron chi connectivity index (χ2n) is 5.81. The summed E-state index contributed by atoms with van der Waals surface area (Å²) in [5.41, 5.74) is 4.02. The van der Waals surface area contributed by atoms with Crippen molar-refractivity contribution >= 4 is 17.4 Å². The highest BCUT2D eigenvalue weighted by atomic mass is 32.1. The van der Waals surface area contributed by atoms with Crippen LogP contribution < -0.4 is 4.74 Å². The highest BCUT2D eigenvalue weighted by Gasteiger charge is 2.28. The zero-order valence-corrected chi connectivity index (χ0v) is 13.7. The number of aromatic nitrogens is 1. The molecule has 0 fully saturated rings. The average Bonchev–Trinajstić information content (AvgIpc) is 2.75. The summed E-state index contributed by atoms with van der Waals surface area (Å²) < 4.78 is 6.17. The summed E-state index contributed by atoms with van der Waals surface area (Å²) >= 11 is 1.73. The van der Waals surface area contributed by atoms with Crippen molar-refractivity contribution in [2.45, 2.75) is 33.3 Å². The van der Waals surface area contributed by atoms with Gasteiger partial charge < -0.3 is 4.74 Å². The van der Waals surface area contributed by atoms with Gasteiger partial charge in [0.15, 0.2) is 0 Å². The maximum Gasteiger partial charge on any atom is 0.128 e. The summed E-state index contributed by atoms with van der Waals surface area (Å²) in [4.78, 5) is 5.87. The lowest BCUT2D eigenvalue weighted by Gasteiger charge is -2.32. The summed E-state index contributed by atoms with van der Waals surface area (Å²) in [6, 6.07) is 6.30. The van der Waals surface area contributed by atoms with Gasteiger partial charge in [-0.05, 0) is 45.4 Å². The predicted molar refractivity (Wildman–Crippen MR) is 89.9 cm³/mol. The molecule has 2 nitrogen and oxygen atoms in total. The molecule has 1 aliphatic heterocycles. The zero-order chi connectivity index (χ0) is 15.2. The number of hydrogen-bond donors (Lipinski definition) is 0. The Labute approximate surface area is 129 Å². The molecule has 1 aliphatic rings. The molecule has 3 heteroatoms. The zero-order valence-electron chi connectivity index (χ0n) is 12.9. The molecule has 1 aromatic heterocycles. The van der Waals surface area contributed by atoms with Crippen LogP contribution in [0.3, 0.4) is 0 Å². The second-order valence-corrected chi connectivity index (χ2v) is 7.21. The van der Waals surface area contributed by atoms with E-state index in [0.29, 0.717) is 0 Å². The summed E-state index contributed by atoms with van der Waals surface area (Å²) in [6.07, 6.45) is 4.01. The minimum absolute atomic E-state index is 0.347. The third-order valence-corrected chi connectivity index (χ3v) is 4.67. The van der Waals surface area contributed by atoms with Gasteiger partial charge in [0.25, 0.3) is 0 Å². The minimum Gasteiger partial charge on any atom is -0.483 e. The number of benzene rings is 1. The van der Waals surface area contributed by atoms with Crippen molar-refractivity contribution in [3.05, 3.63) is 51.9 Å². The third kappa shape index (κ3) is 2.42. The Morgan fingerprint density at radius 2 is 2.05 bits per heavy atom. The highest BCUT2D eigenvalue weighted by Crippen LogP contribution is 2.39. The van der Waals surface area contributed by atoms with Crippen molar-refractivity contribution < 1.29 is 4.74 Å². The summed E-state index contributed by atoms with van der Waals surface area (Å²) in [7, 11) is 0. The van der Waals surface area contributed by atoms with Crippen molar-refractivity contribution in [3.63, 3.8) is 0 Å². The Balaban J connectivity index is 2.10. The molecule has 0 atom stereocenters. The van der Waals surface area contributed by atoms with E-state index in [0.717, 1.165) is 33.2 Å². The van der Waals surface area contributed by atoms with Crippen LogP contribution in [0, 0.1) is 13.8 Å². The van der Waals surface area contributed by atoms with E-state index >= 15 is 0 Å². The number of fused-ring (bicyclic) bond motifs is 1. The molecule has 0 saturated heterocycles. The maximum atomic E-state index is 6.17. The molecule has 0 spiro atoms. The quantitative estimate of drug-likeness (QED) is 0.763. The molecule has 0 aliphatic carbocycles. The van der Waals surface area contributed by atoms with Gasteiger partial charge in [-0.25, -0.2) is 4.98 Å². The van der Waals surface area contributed by atoms with E-state index in [1.807, 2.05) is 13.0 Å². The first-order chi connectivity index (χ1) is 9.90. The molecule has 0 N–H and O–H groups in total. The van der Waals surface area contributed by atoms with Crippen LogP contribution >= 0.6 is 11.3 Å². The van der Waals surface area contributed by atoms with Crippen molar-refractivity contribution in [1.82, 2.24) is 4.98 Å². The molecule has 2 aromatic rings. The average molecular weight is 297 g/mol. The highest BCUT2D eigenvalue weighted by molar-refractivity contribution is 7.11. The Morgan fingerprint density at radius 3 is 2.67 bits per heavy atom. The lowest BCUT2D eigenvalue weighted by Crippen LogP contribution is -2.32. The van der Waals surface area contributed by atoms with Gasteiger partial charge in [0.1, 0.15) is 11.4 Å². The van der Waals surface area contributed by atoms with Crippen LogP contribution in [0.1, 0.15) is 29.3 Å². The Bertz CT molecular complexity index is 753. The molecule has 0 saturated carbocycles. The number of aryl methyl sites for hydroxylation is 2. The topological polar surface area (TPSA) is 22.1 Å². The molecule has 108 valence electrons. The van der Waals surface area contributed by atoms with E-state index in [1.165, 1.54) is 4.88 Å². The van der Waals surface area contributed by atoms with Gasteiger partial charge in [-0.1, -0.05) is 24.8 Å². The van der Waals surface area contributed by atoms with E-state index in [-0.39, 0.29) is 5.60 Å². The summed E-state index contributed by atoms with van der Waals surface area (Å²) in [5.74, 6) is 0.910. The Kier molecular flexibility index (Phi) is 3.25. The van der Waals surface area contributed by atoms with Crippen molar-refractivity contribution in [1.29, 1.82) is 0 Å². The van der Waals surface area contributed by atoms with Gasteiger partial charge in [0.2, 0.25) is 0 Å². The molecule has 0 bridgehead atoms. The summed E-state index contributed by atoms with van der Waals surface area (Å²) in [5, 5.41) is 1.09. The first kappa shape index (κ1) is 14.1. The number of hydrogen-bond acceptors (Lipinski definition) is 3. The molecule has 2 heterocycles. The fourth-order valence-electron chi connectivity index (χ4n) is 2.67. The predicted octanol–water partition coefficient (Wildman–Crippen LogP) is 5.17. The standard InChI is InChI=1S/C18H19NOS/c1-6-15-9-13-7-8-14(10-16(13)20-18(15,4)5)17-11(2)21-12(3)19-17/h6-10H,1H2,2-5H3. The fourth-order valence-corrected chi connectivity index (χ4v) is 3.51. The largest absolute Gasteiger partial charge is 0.483 e. The van der Waals surface area contributed by atoms with Crippen molar-refractivity contribution in [3.8, 4) is 17.0 Å². The van der Waals surface area contributed by atoms with Crippen molar-refractivity contribution in [2.75, 3.05) is 0 Å². The molecule has 3 rings (SSSR count). The number of rotatable bonds is 2. The molecule has 0 amide bonds. The minimum atomic E-state index is -0.347. The molecule has 21 heavy (non-hydrogen) atoms. The van der Waals surface area contributed by atoms with E-state index in [2.05, 4.69) is 56.6 Å². The van der Waals surface area contributed by atoms with Crippen LogP contribution in [0.4, 0.5) is 0 Å². The molecule has 0 unspecified atom stereocenters.